The van der Waals surface area contributed by atoms with Crippen molar-refractivity contribution in [2.75, 3.05) is 0 Å². The largest absolute Gasteiger partial charge is 0.207 e. The van der Waals surface area contributed by atoms with Gasteiger partial charge in [-0.1, -0.05) is 37.6 Å². The van der Waals surface area contributed by atoms with Gasteiger partial charge in [0.15, 0.2) is 0 Å². The van der Waals surface area contributed by atoms with Gasteiger partial charge in [0.05, 0.1) is 0 Å². The summed E-state index contributed by atoms with van der Waals surface area (Å²) in [5, 5.41) is 0. The molecule has 0 unspecified atom stereocenters. The fourth-order valence-corrected chi connectivity index (χ4v) is 1.72. The van der Waals surface area contributed by atoms with Crippen LogP contribution in [0.2, 0.25) is 0 Å². The lowest BCUT2D eigenvalue weighted by molar-refractivity contribution is 0.611. The second kappa shape index (κ2) is 2.99. The molecule has 13 heavy (non-hydrogen) atoms. The quantitative estimate of drug-likeness (QED) is 0.615. The van der Waals surface area contributed by atoms with Crippen molar-refractivity contribution in [3.8, 4) is 0 Å². The van der Waals surface area contributed by atoms with Crippen molar-refractivity contribution in [1.29, 1.82) is 0 Å². The Morgan fingerprint density at radius 1 is 1.31 bits per heavy atom. The fourth-order valence-electron chi connectivity index (χ4n) is 1.72. The van der Waals surface area contributed by atoms with Gasteiger partial charge in [0.1, 0.15) is 5.82 Å². The molecule has 0 fully saturated rings. The molecule has 0 saturated carbocycles. The lowest BCUT2D eigenvalue weighted by atomic mass is 10.0. The van der Waals surface area contributed by atoms with E-state index in [4.69, 9.17) is 0 Å². The molecule has 1 aliphatic rings. The van der Waals surface area contributed by atoms with Gasteiger partial charge in [0, 0.05) is 0 Å². The first-order valence-corrected chi connectivity index (χ1v) is 4.66. The average Bonchev–Trinajstić information content (AvgIpc) is 2.49. The second-order valence-corrected chi connectivity index (χ2v) is 3.86. The molecular formula is C12H13F. The lowest BCUT2D eigenvalue weighted by Gasteiger charge is -2.04. The number of halogens is 1. The Morgan fingerprint density at radius 3 is 2.69 bits per heavy atom. The summed E-state index contributed by atoms with van der Waals surface area (Å²) in [4.78, 5) is 0. The minimum Gasteiger partial charge on any atom is -0.207 e. The second-order valence-electron chi connectivity index (χ2n) is 3.86. The van der Waals surface area contributed by atoms with Crippen LogP contribution < -0.4 is 0 Å². The summed E-state index contributed by atoms with van der Waals surface area (Å²) < 4.78 is 13.3. The molecule has 68 valence electrons. The zero-order chi connectivity index (χ0) is 9.42. The smallest absolute Gasteiger partial charge is 0.127 e. The summed E-state index contributed by atoms with van der Waals surface area (Å²) in [7, 11) is 0. The highest BCUT2D eigenvalue weighted by Crippen LogP contribution is 2.30. The molecule has 0 N–H and O–H groups in total. The van der Waals surface area contributed by atoms with Gasteiger partial charge in [-0.3, -0.25) is 0 Å². The summed E-state index contributed by atoms with van der Waals surface area (Å²) in [5.41, 5.74) is 3.26. The first kappa shape index (κ1) is 8.49. The average molecular weight is 176 g/mol. The Bertz CT molecular complexity index is 361. The van der Waals surface area contributed by atoms with Crippen molar-refractivity contribution in [3.63, 3.8) is 0 Å². The molecule has 0 bridgehead atoms. The maximum absolute atomic E-state index is 13.3. The summed E-state index contributed by atoms with van der Waals surface area (Å²) in [6.45, 7) is 4.30. The van der Waals surface area contributed by atoms with Crippen LogP contribution in [0.5, 0.6) is 0 Å². The maximum atomic E-state index is 13.3. The van der Waals surface area contributed by atoms with Crippen LogP contribution >= 0.6 is 0 Å². The molecule has 0 amide bonds. The molecule has 0 aliphatic heterocycles. The van der Waals surface area contributed by atoms with E-state index in [-0.39, 0.29) is 5.82 Å². The van der Waals surface area contributed by atoms with E-state index in [9.17, 15) is 4.39 Å². The van der Waals surface area contributed by atoms with E-state index in [1.807, 2.05) is 6.07 Å². The molecule has 0 aromatic heterocycles. The zero-order valence-electron chi connectivity index (χ0n) is 7.97. The summed E-state index contributed by atoms with van der Waals surface area (Å²) in [5.74, 6) is 0.455. The van der Waals surface area contributed by atoms with Crippen LogP contribution in [-0.4, -0.2) is 0 Å². The van der Waals surface area contributed by atoms with Gasteiger partial charge in [0.2, 0.25) is 0 Å². The predicted molar refractivity (Wildman–Crippen MR) is 52.9 cm³/mol. The van der Waals surface area contributed by atoms with E-state index >= 15 is 0 Å². The third kappa shape index (κ3) is 1.39. The fraction of sp³-hybridized carbons (Fsp3) is 0.333. The monoisotopic (exact) mass is 176 g/mol. The highest BCUT2D eigenvalue weighted by Gasteiger charge is 2.17. The van der Waals surface area contributed by atoms with Crippen molar-refractivity contribution < 1.29 is 4.39 Å². The van der Waals surface area contributed by atoms with Gasteiger partial charge in [-0.25, -0.2) is 4.39 Å². The van der Waals surface area contributed by atoms with Crippen molar-refractivity contribution in [2.45, 2.75) is 20.3 Å². The van der Waals surface area contributed by atoms with Crippen molar-refractivity contribution in [1.82, 2.24) is 0 Å². The van der Waals surface area contributed by atoms with Crippen LogP contribution in [0.4, 0.5) is 4.39 Å². The summed E-state index contributed by atoms with van der Waals surface area (Å²) >= 11 is 0. The van der Waals surface area contributed by atoms with Crippen LogP contribution in [0.15, 0.2) is 23.8 Å². The van der Waals surface area contributed by atoms with Gasteiger partial charge >= 0.3 is 0 Å². The van der Waals surface area contributed by atoms with E-state index in [2.05, 4.69) is 19.9 Å². The van der Waals surface area contributed by atoms with Gasteiger partial charge in [0.25, 0.3) is 0 Å². The molecule has 0 heterocycles. The van der Waals surface area contributed by atoms with Crippen LogP contribution in [0.1, 0.15) is 25.0 Å². The van der Waals surface area contributed by atoms with Gasteiger partial charge in [-0.05, 0) is 29.5 Å². The Balaban J connectivity index is 2.41. The minimum absolute atomic E-state index is 0.0654. The van der Waals surface area contributed by atoms with Crippen LogP contribution in [-0.2, 0) is 6.42 Å². The topological polar surface area (TPSA) is 0 Å². The Morgan fingerprint density at radius 2 is 2.08 bits per heavy atom. The molecule has 0 atom stereocenters. The number of allylic oxidation sites excluding steroid dienone is 1. The molecular weight excluding hydrogens is 163 g/mol. The number of fused-ring (bicyclic) bond motifs is 1. The minimum atomic E-state index is -0.0654. The lowest BCUT2D eigenvalue weighted by Crippen LogP contribution is -1.95. The van der Waals surface area contributed by atoms with Crippen LogP contribution in [0.3, 0.4) is 0 Å². The zero-order valence-corrected chi connectivity index (χ0v) is 7.97. The highest BCUT2D eigenvalue weighted by molar-refractivity contribution is 5.64. The maximum Gasteiger partial charge on any atom is 0.127 e. The molecule has 1 aliphatic carbocycles. The van der Waals surface area contributed by atoms with E-state index in [0.717, 1.165) is 17.5 Å². The summed E-state index contributed by atoms with van der Waals surface area (Å²) in [6, 6.07) is 5.29. The summed E-state index contributed by atoms with van der Waals surface area (Å²) in [6.07, 6.45) is 2.91. The van der Waals surface area contributed by atoms with Crippen molar-refractivity contribution >= 4 is 6.08 Å². The Kier molecular flexibility index (Phi) is 1.95. The standard InChI is InChI=1S/C12H13F/c1-8(2)10-6-9-4-3-5-12(13)11(9)7-10/h3-6,8H,7H2,1-2H3. The number of rotatable bonds is 1. The molecule has 1 aromatic carbocycles. The molecule has 1 aromatic rings. The van der Waals surface area contributed by atoms with Crippen LogP contribution in [0.25, 0.3) is 6.08 Å². The van der Waals surface area contributed by atoms with Gasteiger partial charge in [-0.2, -0.15) is 0 Å². The molecule has 1 heteroatoms. The first-order chi connectivity index (χ1) is 6.18. The van der Waals surface area contributed by atoms with E-state index in [1.54, 1.807) is 6.07 Å². The number of hydrogen-bond donors (Lipinski definition) is 0. The van der Waals surface area contributed by atoms with Crippen LogP contribution in [0, 0.1) is 11.7 Å². The van der Waals surface area contributed by atoms with E-state index in [1.165, 1.54) is 11.6 Å². The normalized spacial score (nSPS) is 14.6. The van der Waals surface area contributed by atoms with Crippen molar-refractivity contribution in [3.05, 3.63) is 40.7 Å². The third-order valence-electron chi connectivity index (χ3n) is 2.62. The molecule has 2 rings (SSSR count). The Labute approximate surface area is 78.1 Å². The number of benzene rings is 1. The third-order valence-corrected chi connectivity index (χ3v) is 2.62. The van der Waals surface area contributed by atoms with Crippen molar-refractivity contribution in [2.24, 2.45) is 5.92 Å². The molecule has 0 radical (unpaired) electrons. The Hall–Kier alpha value is -1.11. The molecule has 0 nitrogen and oxygen atoms in total. The van der Waals surface area contributed by atoms with E-state index in [0.29, 0.717) is 5.92 Å². The molecule has 0 saturated heterocycles. The SMILES string of the molecule is CC(C)C1=Cc2cccc(F)c2C1. The predicted octanol–water partition coefficient (Wildman–Crippen LogP) is 3.42. The number of hydrogen-bond acceptors (Lipinski definition) is 0. The molecule has 0 spiro atoms. The van der Waals surface area contributed by atoms with E-state index < -0.39 is 0 Å². The van der Waals surface area contributed by atoms with Gasteiger partial charge in [-0.15, -0.1) is 0 Å². The van der Waals surface area contributed by atoms with Gasteiger partial charge < -0.3 is 0 Å². The first-order valence-electron chi connectivity index (χ1n) is 4.66. The highest BCUT2D eigenvalue weighted by atomic mass is 19.1.